The first-order valence-electron chi connectivity index (χ1n) is 6.09. The number of esters is 1. The summed E-state index contributed by atoms with van der Waals surface area (Å²) in [6.07, 6.45) is 1.41. The Morgan fingerprint density at radius 1 is 1.10 bits per heavy atom. The van der Waals surface area contributed by atoms with Crippen LogP contribution in [0, 0.1) is 0 Å². The average molecular weight is 287 g/mol. The van der Waals surface area contributed by atoms with E-state index in [1.165, 1.54) is 25.4 Å². The minimum Gasteiger partial charge on any atom is -0.487 e. The number of carbonyl (C=O) groups excluding carboxylic acids is 1. The van der Waals surface area contributed by atoms with Crippen molar-refractivity contribution in [3.05, 3.63) is 59.4 Å². The molecule has 6 nitrogen and oxygen atoms in total. The number of carboxylic acid groups (broad SMARTS) is 1. The number of benzene rings is 1. The molecule has 2 rings (SSSR count). The molecule has 1 aromatic carbocycles. The van der Waals surface area contributed by atoms with Gasteiger partial charge in [0.15, 0.2) is 0 Å². The van der Waals surface area contributed by atoms with Crippen LogP contribution >= 0.6 is 0 Å². The van der Waals surface area contributed by atoms with Crippen LogP contribution in [-0.4, -0.2) is 29.1 Å². The third-order valence-electron chi connectivity index (χ3n) is 2.73. The molecular formula is C15H13NO5. The average Bonchev–Trinajstić information content (AvgIpc) is 2.53. The van der Waals surface area contributed by atoms with Crippen LogP contribution in [0.3, 0.4) is 0 Å². The fourth-order valence-electron chi connectivity index (χ4n) is 1.60. The van der Waals surface area contributed by atoms with Crippen molar-refractivity contribution < 1.29 is 24.2 Å². The molecule has 0 spiro atoms. The van der Waals surface area contributed by atoms with E-state index in [-0.39, 0.29) is 12.2 Å². The summed E-state index contributed by atoms with van der Waals surface area (Å²) in [6, 6.07) is 9.35. The lowest BCUT2D eigenvalue weighted by Crippen LogP contribution is -2.04. The van der Waals surface area contributed by atoms with Crippen molar-refractivity contribution in [3.8, 4) is 5.75 Å². The number of pyridine rings is 1. The van der Waals surface area contributed by atoms with Crippen LogP contribution in [0.5, 0.6) is 5.75 Å². The molecule has 0 bridgehead atoms. The number of nitrogens with zero attached hydrogens (tertiary/aromatic N) is 1. The highest BCUT2D eigenvalue weighted by atomic mass is 16.5. The maximum absolute atomic E-state index is 11.2. The van der Waals surface area contributed by atoms with Crippen molar-refractivity contribution in [2.24, 2.45) is 0 Å². The summed E-state index contributed by atoms with van der Waals surface area (Å²) >= 11 is 0. The van der Waals surface area contributed by atoms with E-state index in [9.17, 15) is 9.59 Å². The van der Waals surface area contributed by atoms with Crippen molar-refractivity contribution >= 4 is 11.9 Å². The zero-order chi connectivity index (χ0) is 15.2. The lowest BCUT2D eigenvalue weighted by Gasteiger charge is -2.06. The summed E-state index contributed by atoms with van der Waals surface area (Å²) < 4.78 is 10.1. The fraction of sp³-hybridized carbons (Fsp3) is 0.133. The SMILES string of the molecule is COC(=O)c1ccc(COc2ccc(C(=O)O)cc2)nc1. The van der Waals surface area contributed by atoms with E-state index in [0.29, 0.717) is 17.0 Å². The molecule has 0 unspecified atom stereocenters. The highest BCUT2D eigenvalue weighted by Crippen LogP contribution is 2.14. The second-order valence-corrected chi connectivity index (χ2v) is 4.15. The van der Waals surface area contributed by atoms with Gasteiger partial charge in [-0.15, -0.1) is 0 Å². The molecule has 0 aliphatic carbocycles. The highest BCUT2D eigenvalue weighted by Gasteiger charge is 2.06. The lowest BCUT2D eigenvalue weighted by atomic mass is 10.2. The van der Waals surface area contributed by atoms with Crippen LogP contribution < -0.4 is 4.74 Å². The van der Waals surface area contributed by atoms with Gasteiger partial charge in [-0.05, 0) is 36.4 Å². The Morgan fingerprint density at radius 3 is 2.29 bits per heavy atom. The molecule has 0 amide bonds. The van der Waals surface area contributed by atoms with Gasteiger partial charge >= 0.3 is 11.9 Å². The topological polar surface area (TPSA) is 85.7 Å². The van der Waals surface area contributed by atoms with Gasteiger partial charge < -0.3 is 14.6 Å². The number of hydrogen-bond acceptors (Lipinski definition) is 5. The Kier molecular flexibility index (Phi) is 4.50. The Hall–Kier alpha value is -2.89. The molecule has 1 aromatic heterocycles. The largest absolute Gasteiger partial charge is 0.487 e. The van der Waals surface area contributed by atoms with Gasteiger partial charge in [0, 0.05) is 6.20 Å². The van der Waals surface area contributed by atoms with Gasteiger partial charge in [-0.1, -0.05) is 0 Å². The zero-order valence-corrected chi connectivity index (χ0v) is 11.3. The van der Waals surface area contributed by atoms with Crippen LogP contribution in [0.4, 0.5) is 0 Å². The molecule has 6 heteroatoms. The van der Waals surface area contributed by atoms with Gasteiger partial charge in [0.1, 0.15) is 12.4 Å². The van der Waals surface area contributed by atoms with Crippen molar-refractivity contribution in [2.45, 2.75) is 6.61 Å². The van der Waals surface area contributed by atoms with E-state index >= 15 is 0 Å². The molecule has 0 saturated carbocycles. The monoisotopic (exact) mass is 287 g/mol. The van der Waals surface area contributed by atoms with E-state index in [1.54, 1.807) is 24.3 Å². The number of rotatable bonds is 5. The third kappa shape index (κ3) is 3.79. The van der Waals surface area contributed by atoms with Crippen LogP contribution in [-0.2, 0) is 11.3 Å². The van der Waals surface area contributed by atoms with E-state index in [2.05, 4.69) is 9.72 Å². The molecule has 108 valence electrons. The van der Waals surface area contributed by atoms with Gasteiger partial charge in [0.2, 0.25) is 0 Å². The van der Waals surface area contributed by atoms with E-state index < -0.39 is 11.9 Å². The summed E-state index contributed by atoms with van der Waals surface area (Å²) in [4.78, 5) is 26.1. The normalized spacial score (nSPS) is 9.95. The first-order chi connectivity index (χ1) is 10.1. The number of carbonyl (C=O) groups is 2. The summed E-state index contributed by atoms with van der Waals surface area (Å²) in [6.45, 7) is 0.216. The van der Waals surface area contributed by atoms with E-state index in [1.807, 2.05) is 0 Å². The fourth-order valence-corrected chi connectivity index (χ4v) is 1.60. The van der Waals surface area contributed by atoms with E-state index in [4.69, 9.17) is 9.84 Å². The Balaban J connectivity index is 1.96. The number of methoxy groups -OCH3 is 1. The van der Waals surface area contributed by atoms with Gasteiger partial charge in [-0.3, -0.25) is 4.98 Å². The molecule has 0 radical (unpaired) electrons. The first kappa shape index (κ1) is 14.5. The maximum Gasteiger partial charge on any atom is 0.339 e. The number of hydrogen-bond donors (Lipinski definition) is 1. The predicted molar refractivity (Wildman–Crippen MR) is 73.3 cm³/mol. The van der Waals surface area contributed by atoms with Crippen molar-refractivity contribution in [3.63, 3.8) is 0 Å². The van der Waals surface area contributed by atoms with Gasteiger partial charge in [0.25, 0.3) is 0 Å². The van der Waals surface area contributed by atoms with Crippen molar-refractivity contribution in [2.75, 3.05) is 7.11 Å². The first-order valence-corrected chi connectivity index (χ1v) is 6.09. The van der Waals surface area contributed by atoms with Crippen LogP contribution in [0.1, 0.15) is 26.4 Å². The molecule has 0 saturated heterocycles. The number of aromatic carboxylic acids is 1. The summed E-state index contributed by atoms with van der Waals surface area (Å²) in [5.74, 6) is -0.889. The zero-order valence-electron chi connectivity index (χ0n) is 11.3. The summed E-state index contributed by atoms with van der Waals surface area (Å²) in [5, 5.41) is 8.79. The quantitative estimate of drug-likeness (QED) is 0.848. The molecule has 21 heavy (non-hydrogen) atoms. The molecule has 1 N–H and O–H groups in total. The summed E-state index contributed by atoms with van der Waals surface area (Å²) in [5.41, 5.74) is 1.21. The predicted octanol–water partition coefficient (Wildman–Crippen LogP) is 2.15. The molecule has 0 fully saturated rings. The van der Waals surface area contributed by atoms with Crippen molar-refractivity contribution in [1.82, 2.24) is 4.98 Å². The third-order valence-corrected chi connectivity index (χ3v) is 2.73. The molecule has 0 atom stereocenters. The van der Waals surface area contributed by atoms with Gasteiger partial charge in [-0.25, -0.2) is 9.59 Å². The van der Waals surface area contributed by atoms with Crippen molar-refractivity contribution in [1.29, 1.82) is 0 Å². The highest BCUT2D eigenvalue weighted by molar-refractivity contribution is 5.88. The molecule has 0 aliphatic rings. The Labute approximate surface area is 121 Å². The van der Waals surface area contributed by atoms with E-state index in [0.717, 1.165) is 0 Å². The number of aromatic nitrogens is 1. The Morgan fingerprint density at radius 2 is 1.76 bits per heavy atom. The molecular weight excluding hydrogens is 274 g/mol. The van der Waals surface area contributed by atoms with Crippen LogP contribution in [0.25, 0.3) is 0 Å². The Bertz CT molecular complexity index is 634. The van der Waals surface area contributed by atoms with Gasteiger partial charge in [0.05, 0.1) is 23.9 Å². The maximum atomic E-state index is 11.2. The molecule has 0 aliphatic heterocycles. The standard InChI is InChI=1S/C15H13NO5/c1-20-15(19)11-2-5-12(16-8-11)9-21-13-6-3-10(4-7-13)14(17)18/h2-8H,9H2,1H3,(H,17,18). The summed E-state index contributed by atoms with van der Waals surface area (Å²) in [7, 11) is 1.31. The second kappa shape index (κ2) is 6.51. The molecule has 2 aromatic rings. The number of carboxylic acids is 1. The minimum absolute atomic E-state index is 0.197. The van der Waals surface area contributed by atoms with Crippen LogP contribution in [0.2, 0.25) is 0 Å². The smallest absolute Gasteiger partial charge is 0.339 e. The number of ether oxygens (including phenoxy) is 2. The minimum atomic E-state index is -0.985. The molecule has 1 heterocycles. The lowest BCUT2D eigenvalue weighted by molar-refractivity contribution is 0.0599. The van der Waals surface area contributed by atoms with Gasteiger partial charge in [-0.2, -0.15) is 0 Å². The second-order valence-electron chi connectivity index (χ2n) is 4.15. The van der Waals surface area contributed by atoms with Crippen LogP contribution in [0.15, 0.2) is 42.6 Å².